The van der Waals surface area contributed by atoms with Crippen LogP contribution in [0, 0.1) is 0 Å². The molecule has 33 heavy (non-hydrogen) atoms. The lowest BCUT2D eigenvalue weighted by Crippen LogP contribution is -2.34. The number of fused-ring (bicyclic) bond motifs is 1. The molecule has 0 spiro atoms. The number of pyridine rings is 2. The lowest BCUT2D eigenvalue weighted by molar-refractivity contribution is 0.0796. The molecule has 7 nitrogen and oxygen atoms in total. The molecular weight excluding hydrogens is 418 g/mol. The molecule has 0 bridgehead atoms. The van der Waals surface area contributed by atoms with Crippen molar-refractivity contribution in [3.05, 3.63) is 106 Å². The molecule has 4 aromatic rings. The fraction of sp³-hybridized carbons (Fsp3) is 0.192. The van der Waals surface area contributed by atoms with Crippen LogP contribution >= 0.6 is 0 Å². The molecule has 2 aromatic heterocycles. The molecule has 1 unspecified atom stereocenters. The van der Waals surface area contributed by atoms with E-state index in [0.717, 1.165) is 11.1 Å². The number of benzene rings is 2. The van der Waals surface area contributed by atoms with Crippen molar-refractivity contribution in [2.24, 2.45) is 0 Å². The molecule has 0 radical (unpaired) electrons. The predicted octanol–water partition coefficient (Wildman–Crippen LogP) is 4.01. The van der Waals surface area contributed by atoms with Crippen molar-refractivity contribution < 1.29 is 14.3 Å². The predicted molar refractivity (Wildman–Crippen MR) is 126 cm³/mol. The second-order valence-corrected chi connectivity index (χ2v) is 7.48. The standard InChI is InChI=1S/C26H25N3O4/c1-2-33-20-8-9-23-21(14-20)25(30)22(15-28-23)26(31)29-24(19-6-4-3-5-7-19)17-32-16-18-10-12-27-13-11-18/h3-15,24H,2,16-17H2,1H3,(H,28,30)(H,29,31). The molecule has 168 valence electrons. The van der Waals surface area contributed by atoms with E-state index in [1.165, 1.54) is 6.20 Å². The van der Waals surface area contributed by atoms with Crippen LogP contribution in [0.2, 0.25) is 0 Å². The quantitative estimate of drug-likeness (QED) is 0.408. The van der Waals surface area contributed by atoms with E-state index in [4.69, 9.17) is 9.47 Å². The van der Waals surface area contributed by atoms with E-state index in [0.29, 0.717) is 29.9 Å². The third kappa shape index (κ3) is 5.45. The van der Waals surface area contributed by atoms with E-state index in [9.17, 15) is 9.59 Å². The minimum Gasteiger partial charge on any atom is -0.494 e. The molecule has 0 saturated carbocycles. The molecule has 0 saturated heterocycles. The van der Waals surface area contributed by atoms with Gasteiger partial charge in [0.1, 0.15) is 11.3 Å². The Hall–Kier alpha value is -3.97. The highest BCUT2D eigenvalue weighted by Gasteiger charge is 2.19. The van der Waals surface area contributed by atoms with E-state index < -0.39 is 11.9 Å². The third-order valence-electron chi connectivity index (χ3n) is 5.22. The van der Waals surface area contributed by atoms with Crippen LogP contribution in [0.15, 0.2) is 84.0 Å². The number of nitrogens with one attached hydrogen (secondary N) is 2. The van der Waals surface area contributed by atoms with Gasteiger partial charge in [0.2, 0.25) is 5.43 Å². The van der Waals surface area contributed by atoms with Gasteiger partial charge in [-0.15, -0.1) is 0 Å². The maximum Gasteiger partial charge on any atom is 0.257 e. The largest absolute Gasteiger partial charge is 0.494 e. The number of hydrogen-bond donors (Lipinski definition) is 2. The Labute approximate surface area is 191 Å². The second-order valence-electron chi connectivity index (χ2n) is 7.48. The number of hydrogen-bond acceptors (Lipinski definition) is 5. The smallest absolute Gasteiger partial charge is 0.257 e. The second kappa shape index (κ2) is 10.6. The van der Waals surface area contributed by atoms with Gasteiger partial charge in [0, 0.05) is 29.5 Å². The van der Waals surface area contributed by atoms with Crippen LogP contribution < -0.4 is 15.5 Å². The molecular formula is C26H25N3O4. The summed E-state index contributed by atoms with van der Waals surface area (Å²) in [5.74, 6) is 0.112. The highest BCUT2D eigenvalue weighted by Crippen LogP contribution is 2.18. The van der Waals surface area contributed by atoms with E-state index in [1.807, 2.05) is 49.4 Å². The maximum absolute atomic E-state index is 13.1. The topological polar surface area (TPSA) is 93.3 Å². The Kier molecular flexibility index (Phi) is 7.12. The van der Waals surface area contributed by atoms with E-state index in [-0.39, 0.29) is 17.6 Å². The Bertz CT molecular complexity index is 1270. The summed E-state index contributed by atoms with van der Waals surface area (Å²) >= 11 is 0. The number of rotatable bonds is 9. The summed E-state index contributed by atoms with van der Waals surface area (Å²) in [5.41, 5.74) is 2.19. The Balaban J connectivity index is 1.55. The van der Waals surface area contributed by atoms with E-state index in [2.05, 4.69) is 15.3 Å². The van der Waals surface area contributed by atoms with Crippen LogP contribution in [0.1, 0.15) is 34.5 Å². The van der Waals surface area contributed by atoms with Crippen LogP contribution in [0.3, 0.4) is 0 Å². The monoisotopic (exact) mass is 443 g/mol. The number of ether oxygens (including phenoxy) is 2. The summed E-state index contributed by atoms with van der Waals surface area (Å²) in [6.07, 6.45) is 4.86. The van der Waals surface area contributed by atoms with Gasteiger partial charge in [-0.2, -0.15) is 0 Å². The zero-order valence-corrected chi connectivity index (χ0v) is 18.3. The van der Waals surface area contributed by atoms with Gasteiger partial charge >= 0.3 is 0 Å². The van der Waals surface area contributed by atoms with Crippen molar-refractivity contribution >= 4 is 16.8 Å². The number of carbonyl (C=O) groups excluding carboxylic acids is 1. The fourth-order valence-corrected chi connectivity index (χ4v) is 3.54. The maximum atomic E-state index is 13.1. The molecule has 1 amide bonds. The zero-order chi connectivity index (χ0) is 23.0. The summed E-state index contributed by atoms with van der Waals surface area (Å²) in [6, 6.07) is 18.1. The van der Waals surface area contributed by atoms with Crippen LogP contribution in [0.25, 0.3) is 10.9 Å². The summed E-state index contributed by atoms with van der Waals surface area (Å²) in [6.45, 7) is 3.00. The molecule has 2 N–H and O–H groups in total. The SMILES string of the molecule is CCOc1ccc2[nH]cc(C(=O)NC(COCc3ccncc3)c3ccccc3)c(=O)c2c1. The van der Waals surface area contributed by atoms with Crippen molar-refractivity contribution in [2.75, 3.05) is 13.2 Å². The molecule has 0 aliphatic rings. The van der Waals surface area contributed by atoms with Crippen LogP contribution in [-0.4, -0.2) is 29.1 Å². The zero-order valence-electron chi connectivity index (χ0n) is 18.3. The number of H-pyrrole nitrogens is 1. The van der Waals surface area contributed by atoms with Crippen molar-refractivity contribution in [1.29, 1.82) is 0 Å². The van der Waals surface area contributed by atoms with Gasteiger partial charge in [0.05, 0.1) is 25.9 Å². The Morgan fingerprint density at radius 2 is 1.88 bits per heavy atom. The third-order valence-corrected chi connectivity index (χ3v) is 5.22. The average Bonchev–Trinajstić information content (AvgIpc) is 2.85. The first-order valence-corrected chi connectivity index (χ1v) is 10.8. The molecule has 7 heteroatoms. The van der Waals surface area contributed by atoms with Gasteiger partial charge in [-0.25, -0.2) is 0 Å². The molecule has 2 heterocycles. The normalized spacial score (nSPS) is 11.8. The first kappa shape index (κ1) is 22.2. The average molecular weight is 444 g/mol. The number of carbonyl (C=O) groups is 1. The Morgan fingerprint density at radius 1 is 1.09 bits per heavy atom. The minimum absolute atomic E-state index is 0.0335. The van der Waals surface area contributed by atoms with E-state index >= 15 is 0 Å². The van der Waals surface area contributed by atoms with Crippen LogP contribution in [-0.2, 0) is 11.3 Å². The highest BCUT2D eigenvalue weighted by atomic mass is 16.5. The highest BCUT2D eigenvalue weighted by molar-refractivity contribution is 5.97. The number of nitrogens with zero attached hydrogens (tertiary/aromatic N) is 1. The molecule has 0 aliphatic carbocycles. The number of aromatic amines is 1. The lowest BCUT2D eigenvalue weighted by atomic mass is 10.1. The minimum atomic E-state index is -0.471. The molecule has 0 aliphatic heterocycles. The summed E-state index contributed by atoms with van der Waals surface area (Å²) in [7, 11) is 0. The van der Waals surface area contributed by atoms with Crippen molar-refractivity contribution in [1.82, 2.24) is 15.3 Å². The van der Waals surface area contributed by atoms with Crippen LogP contribution in [0.4, 0.5) is 0 Å². The van der Waals surface area contributed by atoms with Crippen molar-refractivity contribution in [2.45, 2.75) is 19.6 Å². The van der Waals surface area contributed by atoms with Crippen molar-refractivity contribution in [3.8, 4) is 5.75 Å². The molecule has 2 aromatic carbocycles. The molecule has 1 atom stereocenters. The summed E-state index contributed by atoms with van der Waals surface area (Å²) in [5, 5.41) is 3.36. The van der Waals surface area contributed by atoms with Crippen LogP contribution in [0.5, 0.6) is 5.75 Å². The first-order chi connectivity index (χ1) is 16.2. The molecule has 0 fully saturated rings. The van der Waals surface area contributed by atoms with Gasteiger partial charge < -0.3 is 19.8 Å². The number of aromatic nitrogens is 2. The Morgan fingerprint density at radius 3 is 2.64 bits per heavy atom. The first-order valence-electron chi connectivity index (χ1n) is 10.8. The van der Waals surface area contributed by atoms with Gasteiger partial charge in [0.15, 0.2) is 0 Å². The van der Waals surface area contributed by atoms with Crippen molar-refractivity contribution in [3.63, 3.8) is 0 Å². The lowest BCUT2D eigenvalue weighted by Gasteiger charge is -2.19. The van der Waals surface area contributed by atoms with Gasteiger partial charge in [-0.3, -0.25) is 14.6 Å². The number of amides is 1. The summed E-state index contributed by atoms with van der Waals surface area (Å²) < 4.78 is 11.4. The summed E-state index contributed by atoms with van der Waals surface area (Å²) in [4.78, 5) is 33.2. The van der Waals surface area contributed by atoms with Gasteiger partial charge in [-0.05, 0) is 48.4 Å². The van der Waals surface area contributed by atoms with Gasteiger partial charge in [-0.1, -0.05) is 30.3 Å². The van der Waals surface area contributed by atoms with Gasteiger partial charge in [0.25, 0.3) is 5.91 Å². The molecule has 4 rings (SSSR count). The fourth-order valence-electron chi connectivity index (χ4n) is 3.54. The van der Waals surface area contributed by atoms with E-state index in [1.54, 1.807) is 30.6 Å².